The summed E-state index contributed by atoms with van der Waals surface area (Å²) in [6.07, 6.45) is 13.0. The molecular weight excluding hydrogens is 299 g/mol. The number of aliphatic hydroxyl groups is 1. The fraction of sp³-hybridized carbons (Fsp3) is 0.625. The van der Waals surface area contributed by atoms with Gasteiger partial charge in [0.1, 0.15) is 0 Å². The van der Waals surface area contributed by atoms with Gasteiger partial charge in [-0.05, 0) is 6.42 Å². The van der Waals surface area contributed by atoms with Gasteiger partial charge in [0.25, 0.3) is 0 Å². The molecule has 0 saturated carbocycles. The zero-order valence-electron chi connectivity index (χ0n) is 12.8. The monoisotopic (exact) mass is 329 g/mol. The Morgan fingerprint density at radius 2 is 1.00 bits per heavy atom. The second-order valence-corrected chi connectivity index (χ2v) is 2.89. The smallest absolute Gasteiger partial charge is 0.504 e. The summed E-state index contributed by atoms with van der Waals surface area (Å²) in [5.74, 6) is 0. The molecule has 0 aliphatic heterocycles. The molecule has 1 N–H and O–H groups in total. The van der Waals surface area contributed by atoms with Crippen LogP contribution in [0, 0.1) is 18.2 Å². The molecular formula is C16H31OZr. The van der Waals surface area contributed by atoms with Crippen LogP contribution in [0.3, 0.4) is 0 Å². The van der Waals surface area contributed by atoms with E-state index in [9.17, 15) is 0 Å². The third-order valence-electron chi connectivity index (χ3n) is 1.26. The van der Waals surface area contributed by atoms with Gasteiger partial charge in [-0.25, -0.2) is 0 Å². The summed E-state index contributed by atoms with van der Waals surface area (Å²) < 4.78 is 0. The predicted molar refractivity (Wildman–Crippen MR) is 79.5 cm³/mol. The van der Waals surface area contributed by atoms with Crippen molar-refractivity contribution in [1.82, 2.24) is 0 Å². The van der Waals surface area contributed by atoms with Crippen molar-refractivity contribution in [2.45, 2.75) is 59.8 Å². The molecule has 0 aromatic rings. The molecule has 0 spiro atoms. The largest absolute Gasteiger partial charge is 3.00 e. The third-order valence-corrected chi connectivity index (χ3v) is 1.26. The third kappa shape index (κ3) is 142. The van der Waals surface area contributed by atoms with E-state index in [4.69, 9.17) is 5.11 Å². The van der Waals surface area contributed by atoms with Gasteiger partial charge >= 0.3 is 26.2 Å². The molecule has 0 atom stereocenters. The molecule has 1 nitrogen and oxygen atoms in total. The number of hydrogen-bond acceptors (Lipinski definition) is 1. The topological polar surface area (TPSA) is 20.2 Å². The van der Waals surface area contributed by atoms with E-state index in [0.717, 1.165) is 32.1 Å². The summed E-state index contributed by atoms with van der Waals surface area (Å²) >= 11 is 0. The Balaban J connectivity index is -0.0000000412. The Morgan fingerprint density at radius 1 is 0.778 bits per heavy atom. The van der Waals surface area contributed by atoms with Crippen LogP contribution in [-0.2, 0) is 26.2 Å². The molecule has 0 bridgehead atoms. The normalized spacial score (nSPS) is 6.50. The maximum absolute atomic E-state index is 8.07. The molecule has 0 fully saturated rings. The van der Waals surface area contributed by atoms with E-state index in [0.29, 0.717) is 6.61 Å². The second-order valence-electron chi connectivity index (χ2n) is 2.89. The quantitative estimate of drug-likeness (QED) is 0.708. The fourth-order valence-electron chi connectivity index (χ4n) is 0.158. The molecule has 0 aromatic carbocycles. The maximum atomic E-state index is 8.07. The van der Waals surface area contributed by atoms with Crippen LogP contribution < -0.4 is 0 Å². The summed E-state index contributed by atoms with van der Waals surface area (Å²) in [5.41, 5.74) is 0. The van der Waals surface area contributed by atoms with Gasteiger partial charge in [0.05, 0.1) is 0 Å². The molecule has 0 saturated heterocycles. The second kappa shape index (κ2) is 53.6. The Morgan fingerprint density at radius 3 is 1.00 bits per heavy atom. The van der Waals surface area contributed by atoms with E-state index >= 15 is 0 Å². The van der Waals surface area contributed by atoms with Gasteiger partial charge in [-0.2, -0.15) is 19.3 Å². The molecule has 1 radical (unpaired) electrons. The minimum Gasteiger partial charge on any atom is -0.504 e. The molecule has 0 aliphatic carbocycles. The molecule has 0 heterocycles. The van der Waals surface area contributed by atoms with Crippen molar-refractivity contribution in [2.75, 3.05) is 6.61 Å². The van der Waals surface area contributed by atoms with E-state index in [1.54, 1.807) is 0 Å². The number of hydrogen-bond donors (Lipinski definition) is 1. The standard InChI is InChI=1S/C4H10O.3C4H7.Zr/c1-2-3-4-5;3*1-3-4-2;/h5H,2-4H2,1H3;3*1,4H2,2H3;/q;3*-1;+3. The van der Waals surface area contributed by atoms with Gasteiger partial charge in [-0.1, -0.05) is 34.1 Å². The van der Waals surface area contributed by atoms with Crippen molar-refractivity contribution < 1.29 is 31.3 Å². The first-order chi connectivity index (χ1) is 8.16. The summed E-state index contributed by atoms with van der Waals surface area (Å²) in [7, 11) is 0. The van der Waals surface area contributed by atoms with Gasteiger partial charge in [-0.3, -0.25) is 19.7 Å². The fourth-order valence-corrected chi connectivity index (χ4v) is 0.158. The van der Waals surface area contributed by atoms with Gasteiger partial charge in [0, 0.05) is 6.61 Å². The van der Waals surface area contributed by atoms with E-state index in [2.05, 4.69) is 44.9 Å². The molecule has 18 heavy (non-hydrogen) atoms. The number of aliphatic hydroxyl groups excluding tert-OH is 1. The Kier molecular flexibility index (Phi) is 91.8. The Bertz CT molecular complexity index is 101. The molecule has 0 aliphatic rings. The summed E-state index contributed by atoms with van der Waals surface area (Å²) in [6.45, 7) is 18.5. The zero-order chi connectivity index (χ0) is 14.4. The van der Waals surface area contributed by atoms with Gasteiger partial charge in [0.2, 0.25) is 0 Å². The SMILES string of the molecule is C=[C-]CC.C=[C-]CC.C=[C-]CC.CCCCO.[Zr+3]. The van der Waals surface area contributed by atoms with Gasteiger partial charge in [-0.15, -0.1) is 0 Å². The summed E-state index contributed by atoms with van der Waals surface area (Å²) in [6, 6.07) is 0. The zero-order valence-corrected chi connectivity index (χ0v) is 15.3. The van der Waals surface area contributed by atoms with Crippen LogP contribution in [0.25, 0.3) is 0 Å². The first kappa shape index (κ1) is 30.8. The van der Waals surface area contributed by atoms with Crippen LogP contribution in [0.5, 0.6) is 0 Å². The number of allylic oxidation sites excluding steroid dienone is 3. The average molecular weight is 331 g/mol. The number of rotatable bonds is 5. The van der Waals surface area contributed by atoms with Crippen LogP contribution in [0.2, 0.25) is 0 Å². The summed E-state index contributed by atoms with van der Waals surface area (Å²) in [4.78, 5) is 0. The van der Waals surface area contributed by atoms with E-state index in [1.807, 2.05) is 20.8 Å². The first-order valence-electron chi connectivity index (χ1n) is 6.27. The van der Waals surface area contributed by atoms with Crippen molar-refractivity contribution in [1.29, 1.82) is 0 Å². The van der Waals surface area contributed by atoms with Crippen molar-refractivity contribution in [2.24, 2.45) is 0 Å². The Labute approximate surface area is 135 Å². The van der Waals surface area contributed by atoms with Crippen LogP contribution in [0.1, 0.15) is 59.8 Å². The molecule has 0 rings (SSSR count). The molecule has 105 valence electrons. The van der Waals surface area contributed by atoms with Crippen LogP contribution in [0.4, 0.5) is 0 Å². The van der Waals surface area contributed by atoms with E-state index in [-0.39, 0.29) is 26.2 Å². The van der Waals surface area contributed by atoms with Gasteiger partial charge < -0.3 is 23.3 Å². The van der Waals surface area contributed by atoms with Crippen LogP contribution in [-0.4, -0.2) is 11.7 Å². The maximum Gasteiger partial charge on any atom is 3.00 e. The molecule has 2 heteroatoms. The van der Waals surface area contributed by atoms with E-state index < -0.39 is 0 Å². The molecule has 0 amide bonds. The first-order valence-corrected chi connectivity index (χ1v) is 6.27. The van der Waals surface area contributed by atoms with Crippen LogP contribution in [0.15, 0.2) is 19.7 Å². The van der Waals surface area contributed by atoms with E-state index in [1.165, 1.54) is 0 Å². The minimum absolute atomic E-state index is 0. The molecule has 0 aromatic heterocycles. The minimum atomic E-state index is 0. The molecule has 0 unspecified atom stereocenters. The van der Waals surface area contributed by atoms with Gasteiger partial charge in [0.15, 0.2) is 0 Å². The van der Waals surface area contributed by atoms with Crippen molar-refractivity contribution in [3.8, 4) is 0 Å². The predicted octanol–water partition coefficient (Wildman–Crippen LogP) is 4.93. The number of unbranched alkanes of at least 4 members (excludes halogenated alkanes) is 1. The van der Waals surface area contributed by atoms with Crippen molar-refractivity contribution >= 4 is 0 Å². The van der Waals surface area contributed by atoms with Crippen molar-refractivity contribution in [3.63, 3.8) is 0 Å². The Hall–Kier alpha value is 0.0631. The summed E-state index contributed by atoms with van der Waals surface area (Å²) in [5, 5.41) is 8.07. The van der Waals surface area contributed by atoms with Crippen LogP contribution >= 0.6 is 0 Å². The van der Waals surface area contributed by atoms with Crippen molar-refractivity contribution in [3.05, 3.63) is 38.0 Å². The average Bonchev–Trinajstić information content (AvgIpc) is 2.40.